The van der Waals surface area contributed by atoms with E-state index in [1.165, 1.54) is 25.3 Å². The molecule has 0 saturated carbocycles. The van der Waals surface area contributed by atoms with Crippen molar-refractivity contribution in [3.05, 3.63) is 47.4 Å². The number of aryl methyl sites for hydroxylation is 1. The zero-order valence-electron chi connectivity index (χ0n) is 11.0. The highest BCUT2D eigenvalue weighted by atomic mass is 32.2. The number of aromatic nitrogens is 1. The SMILES string of the molecule is Cc1ccc(NS(=O)(=O)c2cc(N)c(C)c(F)c2)nc1. The summed E-state index contributed by atoms with van der Waals surface area (Å²) in [6.45, 7) is 3.32. The van der Waals surface area contributed by atoms with Crippen molar-refractivity contribution >= 4 is 21.5 Å². The van der Waals surface area contributed by atoms with Crippen molar-refractivity contribution in [1.82, 2.24) is 4.98 Å². The molecule has 0 atom stereocenters. The number of nitrogens with zero attached hydrogens (tertiary/aromatic N) is 1. The van der Waals surface area contributed by atoms with E-state index >= 15 is 0 Å². The summed E-state index contributed by atoms with van der Waals surface area (Å²) in [6.07, 6.45) is 1.53. The topological polar surface area (TPSA) is 85.1 Å². The third kappa shape index (κ3) is 2.88. The van der Waals surface area contributed by atoms with E-state index in [-0.39, 0.29) is 22.0 Å². The van der Waals surface area contributed by atoms with Crippen LogP contribution >= 0.6 is 0 Å². The van der Waals surface area contributed by atoms with Crippen LogP contribution in [0.4, 0.5) is 15.9 Å². The summed E-state index contributed by atoms with van der Waals surface area (Å²) in [5.41, 5.74) is 6.79. The molecule has 1 aromatic carbocycles. The first-order chi connectivity index (χ1) is 9.29. The molecule has 0 aliphatic rings. The lowest BCUT2D eigenvalue weighted by atomic mass is 10.2. The number of benzene rings is 1. The average molecular weight is 295 g/mol. The maximum absolute atomic E-state index is 13.6. The molecule has 0 saturated heterocycles. The van der Waals surface area contributed by atoms with Gasteiger partial charge in [0.15, 0.2) is 0 Å². The van der Waals surface area contributed by atoms with Crippen LogP contribution in [-0.4, -0.2) is 13.4 Å². The summed E-state index contributed by atoms with van der Waals surface area (Å²) in [5.74, 6) is -0.502. The van der Waals surface area contributed by atoms with Gasteiger partial charge in [-0.05, 0) is 37.6 Å². The number of nitrogens with two attached hydrogens (primary N) is 1. The largest absolute Gasteiger partial charge is 0.398 e. The van der Waals surface area contributed by atoms with Crippen LogP contribution in [0.15, 0.2) is 35.4 Å². The van der Waals surface area contributed by atoms with E-state index in [2.05, 4.69) is 9.71 Å². The first-order valence-electron chi connectivity index (χ1n) is 5.81. The summed E-state index contributed by atoms with van der Waals surface area (Å²) >= 11 is 0. The van der Waals surface area contributed by atoms with Gasteiger partial charge in [0.2, 0.25) is 0 Å². The first kappa shape index (κ1) is 14.3. The van der Waals surface area contributed by atoms with Gasteiger partial charge in [-0.15, -0.1) is 0 Å². The van der Waals surface area contributed by atoms with Crippen molar-refractivity contribution < 1.29 is 12.8 Å². The van der Waals surface area contributed by atoms with Crippen LogP contribution in [-0.2, 0) is 10.0 Å². The van der Waals surface area contributed by atoms with Gasteiger partial charge >= 0.3 is 0 Å². The molecule has 0 amide bonds. The Morgan fingerprint density at radius 3 is 2.50 bits per heavy atom. The van der Waals surface area contributed by atoms with Crippen molar-refractivity contribution in [1.29, 1.82) is 0 Å². The van der Waals surface area contributed by atoms with Crippen LogP contribution < -0.4 is 10.5 Å². The van der Waals surface area contributed by atoms with Gasteiger partial charge < -0.3 is 5.73 Å². The summed E-state index contributed by atoms with van der Waals surface area (Å²) < 4.78 is 40.1. The van der Waals surface area contributed by atoms with E-state index in [0.717, 1.165) is 11.6 Å². The van der Waals surface area contributed by atoms with Gasteiger partial charge in [0.05, 0.1) is 4.90 Å². The third-order valence-corrected chi connectivity index (χ3v) is 4.15. The maximum Gasteiger partial charge on any atom is 0.263 e. The number of pyridine rings is 1. The zero-order chi connectivity index (χ0) is 14.9. The molecule has 0 radical (unpaired) electrons. The zero-order valence-corrected chi connectivity index (χ0v) is 11.8. The number of halogens is 1. The number of anilines is 2. The molecule has 0 bridgehead atoms. The smallest absolute Gasteiger partial charge is 0.263 e. The lowest BCUT2D eigenvalue weighted by Crippen LogP contribution is -2.15. The monoisotopic (exact) mass is 295 g/mol. The highest BCUT2D eigenvalue weighted by Crippen LogP contribution is 2.22. The van der Waals surface area contributed by atoms with Crippen LogP contribution in [0, 0.1) is 19.7 Å². The Morgan fingerprint density at radius 2 is 1.95 bits per heavy atom. The quantitative estimate of drug-likeness (QED) is 0.850. The molecule has 7 heteroatoms. The molecule has 0 unspecified atom stereocenters. The molecule has 3 N–H and O–H groups in total. The molecule has 2 rings (SSSR count). The van der Waals surface area contributed by atoms with Crippen LogP contribution in [0.1, 0.15) is 11.1 Å². The molecular formula is C13H14FN3O2S. The Morgan fingerprint density at radius 1 is 1.25 bits per heavy atom. The van der Waals surface area contributed by atoms with Crippen LogP contribution in [0.3, 0.4) is 0 Å². The number of hydrogen-bond donors (Lipinski definition) is 2. The fourth-order valence-electron chi connectivity index (χ4n) is 1.55. The van der Waals surface area contributed by atoms with Gasteiger partial charge in [0, 0.05) is 17.4 Å². The Bertz CT molecular complexity index is 720. The summed E-state index contributed by atoms with van der Waals surface area (Å²) in [6, 6.07) is 5.40. The highest BCUT2D eigenvalue weighted by Gasteiger charge is 2.18. The van der Waals surface area contributed by atoms with Gasteiger partial charge in [-0.3, -0.25) is 4.72 Å². The van der Waals surface area contributed by atoms with Crippen molar-refractivity contribution in [2.75, 3.05) is 10.5 Å². The molecule has 0 fully saturated rings. The van der Waals surface area contributed by atoms with Crippen LogP contribution in [0.25, 0.3) is 0 Å². The third-order valence-electron chi connectivity index (χ3n) is 2.82. The summed E-state index contributed by atoms with van der Waals surface area (Å²) in [7, 11) is -3.92. The minimum atomic E-state index is -3.92. The van der Waals surface area contributed by atoms with Crippen molar-refractivity contribution in [3.63, 3.8) is 0 Å². The standard InChI is InChI=1S/C13H14FN3O2S/c1-8-3-4-13(16-7-8)17-20(18,19)10-5-11(14)9(2)12(15)6-10/h3-7H,15H2,1-2H3,(H,16,17). The predicted molar refractivity (Wildman–Crippen MR) is 75.3 cm³/mol. The van der Waals surface area contributed by atoms with Gasteiger partial charge in [-0.1, -0.05) is 6.07 Å². The van der Waals surface area contributed by atoms with E-state index < -0.39 is 15.8 Å². The van der Waals surface area contributed by atoms with E-state index in [0.29, 0.717) is 0 Å². The van der Waals surface area contributed by atoms with Crippen LogP contribution in [0.5, 0.6) is 0 Å². The van der Waals surface area contributed by atoms with E-state index in [9.17, 15) is 12.8 Å². The second-order valence-corrected chi connectivity index (χ2v) is 6.13. The minimum absolute atomic E-state index is 0.0854. The van der Waals surface area contributed by atoms with Crippen molar-refractivity contribution in [3.8, 4) is 0 Å². The number of nitrogens with one attached hydrogen (secondary N) is 1. The summed E-state index contributed by atoms with van der Waals surface area (Å²) in [5, 5.41) is 0. The van der Waals surface area contributed by atoms with Gasteiger partial charge in [0.1, 0.15) is 11.6 Å². The number of nitrogen functional groups attached to an aromatic ring is 1. The molecule has 5 nitrogen and oxygen atoms in total. The van der Waals surface area contributed by atoms with E-state index in [1.807, 2.05) is 6.92 Å². The van der Waals surface area contributed by atoms with Gasteiger partial charge in [-0.25, -0.2) is 17.8 Å². The fraction of sp³-hybridized carbons (Fsp3) is 0.154. The predicted octanol–water partition coefficient (Wildman–Crippen LogP) is 2.22. The van der Waals surface area contributed by atoms with E-state index in [4.69, 9.17) is 5.73 Å². The Hall–Kier alpha value is -2.15. The first-order valence-corrected chi connectivity index (χ1v) is 7.29. The second kappa shape index (κ2) is 5.09. The van der Waals surface area contributed by atoms with Crippen LogP contribution in [0.2, 0.25) is 0 Å². The Kier molecular flexibility index (Phi) is 3.63. The number of rotatable bonds is 3. The molecule has 0 aliphatic heterocycles. The second-order valence-electron chi connectivity index (χ2n) is 4.45. The lowest BCUT2D eigenvalue weighted by Gasteiger charge is -2.10. The van der Waals surface area contributed by atoms with Crippen molar-refractivity contribution in [2.45, 2.75) is 18.7 Å². The molecule has 2 aromatic rings. The Balaban J connectivity index is 2.38. The molecule has 1 heterocycles. The number of sulfonamides is 1. The molecule has 1 aromatic heterocycles. The summed E-state index contributed by atoms with van der Waals surface area (Å²) in [4.78, 5) is 3.70. The minimum Gasteiger partial charge on any atom is -0.398 e. The maximum atomic E-state index is 13.6. The fourth-order valence-corrected chi connectivity index (χ4v) is 2.61. The molecule has 106 valence electrons. The number of hydrogen-bond acceptors (Lipinski definition) is 4. The molecule has 20 heavy (non-hydrogen) atoms. The molecule has 0 aliphatic carbocycles. The van der Waals surface area contributed by atoms with Gasteiger partial charge in [0.25, 0.3) is 10.0 Å². The highest BCUT2D eigenvalue weighted by molar-refractivity contribution is 7.92. The Labute approximate surface area is 116 Å². The average Bonchev–Trinajstić information content (AvgIpc) is 2.38. The lowest BCUT2D eigenvalue weighted by molar-refractivity contribution is 0.593. The van der Waals surface area contributed by atoms with Crippen molar-refractivity contribution in [2.24, 2.45) is 0 Å². The molecular weight excluding hydrogens is 281 g/mol. The normalized spacial score (nSPS) is 11.3. The van der Waals surface area contributed by atoms with E-state index in [1.54, 1.807) is 6.07 Å². The van der Waals surface area contributed by atoms with Gasteiger partial charge in [-0.2, -0.15) is 0 Å². The molecule has 0 spiro atoms.